The van der Waals surface area contributed by atoms with Crippen LogP contribution in [-0.2, 0) is 11.2 Å². The second kappa shape index (κ2) is 5.24. The standard InChI is InChI=1S/C10H17N5O2/c1-3-8-13-9(15-14-8)10(16)12-6-4-11-5-7(6)17-2/h6-7,11H,3-5H2,1-2H3,(H,12,16)(H,13,14,15)/t6?,7-/m0/s1. The van der Waals surface area contributed by atoms with Crippen LogP contribution in [0.5, 0.6) is 0 Å². The fourth-order valence-electron chi connectivity index (χ4n) is 1.83. The molecule has 1 aliphatic heterocycles. The summed E-state index contributed by atoms with van der Waals surface area (Å²) in [6.45, 7) is 3.40. The molecule has 1 amide bonds. The van der Waals surface area contributed by atoms with Gasteiger partial charge < -0.3 is 15.4 Å². The highest BCUT2D eigenvalue weighted by molar-refractivity contribution is 5.90. The summed E-state index contributed by atoms with van der Waals surface area (Å²) >= 11 is 0. The van der Waals surface area contributed by atoms with Gasteiger partial charge in [-0.05, 0) is 0 Å². The number of aromatic amines is 1. The summed E-state index contributed by atoms with van der Waals surface area (Å²) in [5.41, 5.74) is 0. The fourth-order valence-corrected chi connectivity index (χ4v) is 1.83. The number of hydrogen-bond acceptors (Lipinski definition) is 5. The first-order chi connectivity index (χ1) is 8.24. The van der Waals surface area contributed by atoms with Crippen molar-refractivity contribution < 1.29 is 9.53 Å². The van der Waals surface area contributed by atoms with Gasteiger partial charge in [0.2, 0.25) is 5.82 Å². The van der Waals surface area contributed by atoms with Crippen LogP contribution in [0.3, 0.4) is 0 Å². The fraction of sp³-hybridized carbons (Fsp3) is 0.700. The molecule has 2 rings (SSSR count). The van der Waals surface area contributed by atoms with Crippen molar-refractivity contribution in [1.82, 2.24) is 25.8 Å². The molecule has 1 aliphatic rings. The summed E-state index contributed by atoms with van der Waals surface area (Å²) in [4.78, 5) is 15.9. The Morgan fingerprint density at radius 1 is 1.59 bits per heavy atom. The van der Waals surface area contributed by atoms with Crippen molar-refractivity contribution in [2.75, 3.05) is 20.2 Å². The van der Waals surface area contributed by atoms with Crippen LogP contribution in [-0.4, -0.2) is 53.4 Å². The van der Waals surface area contributed by atoms with Crippen LogP contribution in [0.2, 0.25) is 0 Å². The van der Waals surface area contributed by atoms with E-state index in [1.165, 1.54) is 0 Å². The van der Waals surface area contributed by atoms with Gasteiger partial charge in [-0.3, -0.25) is 9.89 Å². The monoisotopic (exact) mass is 239 g/mol. The van der Waals surface area contributed by atoms with Crippen molar-refractivity contribution >= 4 is 5.91 Å². The van der Waals surface area contributed by atoms with Crippen LogP contribution >= 0.6 is 0 Å². The molecule has 1 unspecified atom stereocenters. The lowest BCUT2D eigenvalue weighted by Crippen LogP contribution is -2.43. The maximum Gasteiger partial charge on any atom is 0.291 e. The number of nitrogens with one attached hydrogen (secondary N) is 3. The van der Waals surface area contributed by atoms with Crippen molar-refractivity contribution in [3.8, 4) is 0 Å². The molecule has 1 aromatic rings. The maximum atomic E-state index is 11.9. The first-order valence-electron chi connectivity index (χ1n) is 5.70. The van der Waals surface area contributed by atoms with E-state index in [0.717, 1.165) is 13.0 Å². The van der Waals surface area contributed by atoms with Crippen molar-refractivity contribution in [2.45, 2.75) is 25.5 Å². The predicted octanol–water partition coefficient (Wildman–Crippen LogP) is -0.916. The molecule has 0 radical (unpaired) electrons. The van der Waals surface area contributed by atoms with Gasteiger partial charge >= 0.3 is 0 Å². The first kappa shape index (κ1) is 12.0. The quantitative estimate of drug-likeness (QED) is 0.632. The van der Waals surface area contributed by atoms with Crippen molar-refractivity contribution in [3.05, 3.63) is 11.6 Å². The third kappa shape index (κ3) is 2.62. The highest BCUT2D eigenvalue weighted by Crippen LogP contribution is 2.04. The molecular weight excluding hydrogens is 222 g/mol. The zero-order valence-electron chi connectivity index (χ0n) is 9.99. The summed E-state index contributed by atoms with van der Waals surface area (Å²) in [5, 5.41) is 12.6. The number of carbonyl (C=O) groups excluding carboxylic acids is 1. The van der Waals surface area contributed by atoms with E-state index in [-0.39, 0.29) is 23.9 Å². The van der Waals surface area contributed by atoms with Gasteiger partial charge in [0.25, 0.3) is 5.91 Å². The van der Waals surface area contributed by atoms with Gasteiger partial charge in [0.15, 0.2) is 0 Å². The summed E-state index contributed by atoms with van der Waals surface area (Å²) in [6, 6.07) is -0.0314. The third-order valence-corrected chi connectivity index (χ3v) is 2.85. The largest absolute Gasteiger partial charge is 0.378 e. The summed E-state index contributed by atoms with van der Waals surface area (Å²) in [6.07, 6.45) is 0.731. The Hall–Kier alpha value is -1.47. The molecule has 0 aliphatic carbocycles. The zero-order chi connectivity index (χ0) is 12.3. The smallest absolute Gasteiger partial charge is 0.291 e. The van der Waals surface area contributed by atoms with Crippen LogP contribution in [0.4, 0.5) is 0 Å². The molecule has 17 heavy (non-hydrogen) atoms. The second-order valence-corrected chi connectivity index (χ2v) is 3.97. The molecule has 7 heteroatoms. The molecule has 94 valence electrons. The number of methoxy groups -OCH3 is 1. The molecule has 1 fully saturated rings. The van der Waals surface area contributed by atoms with Crippen LogP contribution in [0.25, 0.3) is 0 Å². The molecule has 3 N–H and O–H groups in total. The number of carbonyl (C=O) groups is 1. The summed E-state index contributed by atoms with van der Waals surface area (Å²) < 4.78 is 5.26. The van der Waals surface area contributed by atoms with Gasteiger partial charge in [-0.2, -0.15) is 0 Å². The Morgan fingerprint density at radius 2 is 2.41 bits per heavy atom. The molecule has 1 aromatic heterocycles. The molecule has 1 saturated heterocycles. The van der Waals surface area contributed by atoms with Gasteiger partial charge in [-0.15, -0.1) is 5.10 Å². The second-order valence-electron chi connectivity index (χ2n) is 3.97. The minimum absolute atomic E-state index is 0.00328. The van der Waals surface area contributed by atoms with Crippen LogP contribution in [0, 0.1) is 0 Å². The van der Waals surface area contributed by atoms with Crippen LogP contribution in [0.15, 0.2) is 0 Å². The minimum Gasteiger partial charge on any atom is -0.378 e. The number of nitrogens with zero attached hydrogens (tertiary/aromatic N) is 2. The molecule has 2 atom stereocenters. The van der Waals surface area contributed by atoms with Gasteiger partial charge in [-0.25, -0.2) is 4.98 Å². The lowest BCUT2D eigenvalue weighted by atomic mass is 10.2. The SMILES string of the molecule is CCc1nc(C(=O)NC2CNC[C@@H]2OC)n[nH]1. The van der Waals surface area contributed by atoms with Gasteiger partial charge in [-0.1, -0.05) is 6.92 Å². The predicted molar refractivity (Wildman–Crippen MR) is 60.7 cm³/mol. The van der Waals surface area contributed by atoms with E-state index in [2.05, 4.69) is 25.8 Å². The highest BCUT2D eigenvalue weighted by atomic mass is 16.5. The number of amides is 1. The number of ether oxygens (including phenoxy) is 1. The van der Waals surface area contributed by atoms with Crippen molar-refractivity contribution in [2.24, 2.45) is 0 Å². The average molecular weight is 239 g/mol. The number of rotatable bonds is 4. The molecule has 7 nitrogen and oxygen atoms in total. The maximum absolute atomic E-state index is 11.9. The van der Waals surface area contributed by atoms with Crippen LogP contribution in [0.1, 0.15) is 23.4 Å². The Balaban J connectivity index is 1.96. The van der Waals surface area contributed by atoms with Crippen molar-refractivity contribution in [1.29, 1.82) is 0 Å². The third-order valence-electron chi connectivity index (χ3n) is 2.85. The van der Waals surface area contributed by atoms with E-state index in [4.69, 9.17) is 4.74 Å². The number of aromatic nitrogens is 3. The summed E-state index contributed by atoms with van der Waals surface area (Å²) in [7, 11) is 1.64. The van der Waals surface area contributed by atoms with E-state index in [1.54, 1.807) is 7.11 Å². The Morgan fingerprint density at radius 3 is 3.06 bits per heavy atom. The van der Waals surface area contributed by atoms with Crippen LogP contribution < -0.4 is 10.6 Å². The molecule has 2 heterocycles. The minimum atomic E-state index is -0.267. The first-order valence-corrected chi connectivity index (χ1v) is 5.70. The van der Waals surface area contributed by atoms with E-state index in [0.29, 0.717) is 12.4 Å². The van der Waals surface area contributed by atoms with Crippen molar-refractivity contribution in [3.63, 3.8) is 0 Å². The Kier molecular flexibility index (Phi) is 3.70. The van der Waals surface area contributed by atoms with E-state index in [9.17, 15) is 4.79 Å². The van der Waals surface area contributed by atoms with Gasteiger partial charge in [0.1, 0.15) is 5.82 Å². The van der Waals surface area contributed by atoms with E-state index >= 15 is 0 Å². The molecule has 0 saturated carbocycles. The number of H-pyrrole nitrogens is 1. The lowest BCUT2D eigenvalue weighted by Gasteiger charge is -2.17. The molecule has 0 spiro atoms. The lowest BCUT2D eigenvalue weighted by molar-refractivity contribution is 0.0772. The van der Waals surface area contributed by atoms with E-state index < -0.39 is 0 Å². The Labute approximate surface area is 99.3 Å². The molecular formula is C10H17N5O2. The number of aryl methyl sites for hydroxylation is 1. The van der Waals surface area contributed by atoms with Gasteiger partial charge in [0, 0.05) is 26.6 Å². The van der Waals surface area contributed by atoms with E-state index in [1.807, 2.05) is 6.92 Å². The topological polar surface area (TPSA) is 91.9 Å². The zero-order valence-corrected chi connectivity index (χ0v) is 9.99. The molecule has 0 bridgehead atoms. The van der Waals surface area contributed by atoms with Gasteiger partial charge in [0.05, 0.1) is 12.1 Å². The molecule has 0 aromatic carbocycles. The number of hydrogen-bond donors (Lipinski definition) is 3. The normalized spacial score (nSPS) is 23.9. The average Bonchev–Trinajstić information content (AvgIpc) is 2.96. The highest BCUT2D eigenvalue weighted by Gasteiger charge is 2.29. The summed E-state index contributed by atoms with van der Waals surface area (Å²) in [5.74, 6) is 0.628. The Bertz CT molecular complexity index is 392.